The molecule has 0 saturated carbocycles. The van der Waals surface area contributed by atoms with Gasteiger partial charge in [0.15, 0.2) is 0 Å². The number of benzene rings is 1. The Hall–Kier alpha value is -2.30. The lowest BCUT2D eigenvalue weighted by Gasteiger charge is -2.07. The van der Waals surface area contributed by atoms with E-state index in [0.717, 1.165) is 11.3 Å². The molecule has 0 bridgehead atoms. The predicted molar refractivity (Wildman–Crippen MR) is 71.2 cm³/mol. The molecular weight excluding hydrogens is 228 g/mol. The van der Waals surface area contributed by atoms with Gasteiger partial charge in [0.2, 0.25) is 5.91 Å². The highest BCUT2D eigenvalue weighted by atomic mass is 16.2. The first-order valence-corrected chi connectivity index (χ1v) is 5.70. The van der Waals surface area contributed by atoms with Gasteiger partial charge < -0.3 is 11.1 Å². The molecule has 0 unspecified atom stereocenters. The van der Waals surface area contributed by atoms with Crippen LogP contribution in [-0.4, -0.2) is 15.7 Å². The quantitative estimate of drug-likeness (QED) is 0.807. The molecule has 5 nitrogen and oxygen atoms in total. The van der Waals surface area contributed by atoms with Crippen LogP contribution in [-0.2, 0) is 11.3 Å². The highest BCUT2D eigenvalue weighted by molar-refractivity contribution is 5.91. The molecule has 0 fully saturated rings. The molecule has 1 aromatic carbocycles. The number of carbonyl (C=O) groups is 1. The molecule has 2 aromatic rings. The molecule has 2 rings (SSSR count). The third-order valence-electron chi connectivity index (χ3n) is 2.64. The smallest absolute Gasteiger partial charge is 0.246 e. The van der Waals surface area contributed by atoms with E-state index in [0.29, 0.717) is 11.4 Å². The van der Waals surface area contributed by atoms with Gasteiger partial charge in [0, 0.05) is 17.6 Å². The molecule has 0 saturated heterocycles. The highest BCUT2D eigenvalue weighted by Gasteiger charge is 2.05. The first-order valence-electron chi connectivity index (χ1n) is 5.70. The Balaban J connectivity index is 2.00. The van der Waals surface area contributed by atoms with Crippen LogP contribution in [0.2, 0.25) is 0 Å². The molecule has 0 aliphatic heterocycles. The second kappa shape index (κ2) is 4.91. The van der Waals surface area contributed by atoms with Crippen molar-refractivity contribution in [1.29, 1.82) is 0 Å². The van der Waals surface area contributed by atoms with Crippen molar-refractivity contribution in [2.45, 2.75) is 20.4 Å². The molecule has 3 N–H and O–H groups in total. The number of amides is 1. The molecule has 1 amide bonds. The number of hydrogen-bond acceptors (Lipinski definition) is 3. The number of hydrogen-bond donors (Lipinski definition) is 2. The van der Waals surface area contributed by atoms with Gasteiger partial charge in [0.1, 0.15) is 6.54 Å². The van der Waals surface area contributed by atoms with Gasteiger partial charge in [-0.25, -0.2) is 0 Å². The minimum absolute atomic E-state index is 0.124. The maximum atomic E-state index is 11.8. The van der Waals surface area contributed by atoms with Crippen LogP contribution >= 0.6 is 0 Å². The van der Waals surface area contributed by atoms with E-state index in [1.165, 1.54) is 0 Å². The number of nitrogen functional groups attached to an aromatic ring is 1. The fourth-order valence-corrected chi connectivity index (χ4v) is 1.62. The molecule has 94 valence electrons. The van der Waals surface area contributed by atoms with Crippen LogP contribution in [0.4, 0.5) is 11.4 Å². The number of aryl methyl sites for hydroxylation is 2. The lowest BCUT2D eigenvalue weighted by atomic mass is 10.2. The molecule has 1 aromatic heterocycles. The number of aromatic nitrogens is 2. The zero-order valence-corrected chi connectivity index (χ0v) is 10.5. The Morgan fingerprint density at radius 3 is 2.78 bits per heavy atom. The lowest BCUT2D eigenvalue weighted by molar-refractivity contribution is -0.116. The van der Waals surface area contributed by atoms with Gasteiger partial charge in [-0.2, -0.15) is 5.10 Å². The number of rotatable bonds is 3. The fourth-order valence-electron chi connectivity index (χ4n) is 1.62. The van der Waals surface area contributed by atoms with Gasteiger partial charge in [0.25, 0.3) is 0 Å². The van der Waals surface area contributed by atoms with Crippen LogP contribution in [0.5, 0.6) is 0 Å². The van der Waals surface area contributed by atoms with Crippen molar-refractivity contribution in [2.24, 2.45) is 0 Å². The third-order valence-corrected chi connectivity index (χ3v) is 2.64. The normalized spacial score (nSPS) is 10.3. The van der Waals surface area contributed by atoms with E-state index in [1.54, 1.807) is 16.9 Å². The average molecular weight is 244 g/mol. The number of nitrogens with one attached hydrogen (secondary N) is 1. The van der Waals surface area contributed by atoms with E-state index in [-0.39, 0.29) is 12.5 Å². The zero-order chi connectivity index (χ0) is 13.1. The monoisotopic (exact) mass is 244 g/mol. The minimum Gasteiger partial charge on any atom is -0.398 e. The molecule has 1 heterocycles. The van der Waals surface area contributed by atoms with Gasteiger partial charge in [-0.3, -0.25) is 9.48 Å². The molecule has 0 atom stereocenters. The second-order valence-corrected chi connectivity index (χ2v) is 4.27. The van der Waals surface area contributed by atoms with Gasteiger partial charge >= 0.3 is 0 Å². The van der Waals surface area contributed by atoms with Crippen molar-refractivity contribution >= 4 is 17.3 Å². The summed E-state index contributed by atoms with van der Waals surface area (Å²) in [6, 6.07) is 7.32. The highest BCUT2D eigenvalue weighted by Crippen LogP contribution is 2.16. The average Bonchev–Trinajstić information content (AvgIpc) is 2.69. The van der Waals surface area contributed by atoms with Crippen molar-refractivity contribution in [1.82, 2.24) is 9.78 Å². The van der Waals surface area contributed by atoms with Gasteiger partial charge in [-0.1, -0.05) is 6.07 Å². The van der Waals surface area contributed by atoms with Crippen molar-refractivity contribution in [3.63, 3.8) is 0 Å². The van der Waals surface area contributed by atoms with E-state index in [4.69, 9.17) is 5.73 Å². The Labute approximate surface area is 106 Å². The summed E-state index contributed by atoms with van der Waals surface area (Å²) in [6.45, 7) is 4.00. The fraction of sp³-hybridized carbons (Fsp3) is 0.231. The minimum atomic E-state index is -0.124. The Morgan fingerprint density at radius 1 is 1.39 bits per heavy atom. The second-order valence-electron chi connectivity index (χ2n) is 4.27. The first-order chi connectivity index (χ1) is 8.54. The molecular formula is C13H16N4O. The van der Waals surface area contributed by atoms with Crippen molar-refractivity contribution in [3.05, 3.63) is 41.7 Å². The Bertz CT molecular complexity index is 574. The van der Waals surface area contributed by atoms with Gasteiger partial charge in [-0.05, 0) is 37.6 Å². The van der Waals surface area contributed by atoms with E-state index in [9.17, 15) is 4.79 Å². The van der Waals surface area contributed by atoms with E-state index in [1.807, 2.05) is 32.0 Å². The number of nitrogens with two attached hydrogens (primary N) is 1. The van der Waals surface area contributed by atoms with E-state index < -0.39 is 0 Å². The molecule has 5 heteroatoms. The maximum absolute atomic E-state index is 11.8. The van der Waals surface area contributed by atoms with Crippen molar-refractivity contribution < 1.29 is 4.79 Å². The van der Waals surface area contributed by atoms with Crippen molar-refractivity contribution in [2.75, 3.05) is 11.1 Å². The Kier molecular flexibility index (Phi) is 3.32. The largest absolute Gasteiger partial charge is 0.398 e. The summed E-state index contributed by atoms with van der Waals surface area (Å²) in [4.78, 5) is 11.8. The first kappa shape index (κ1) is 12.2. The van der Waals surface area contributed by atoms with Gasteiger partial charge in [0.05, 0.1) is 5.69 Å². The summed E-state index contributed by atoms with van der Waals surface area (Å²) in [5, 5.41) is 6.94. The van der Waals surface area contributed by atoms with Crippen LogP contribution in [0.3, 0.4) is 0 Å². The number of carbonyl (C=O) groups excluding carboxylic acids is 1. The number of nitrogens with zero attached hydrogens (tertiary/aromatic N) is 2. The maximum Gasteiger partial charge on any atom is 0.246 e. The van der Waals surface area contributed by atoms with Crippen molar-refractivity contribution in [3.8, 4) is 0 Å². The Morgan fingerprint density at radius 2 is 2.17 bits per heavy atom. The SMILES string of the molecule is Cc1ccn(CC(=O)Nc2ccc(C)c(N)c2)n1. The number of anilines is 2. The van der Waals surface area contributed by atoms with E-state index in [2.05, 4.69) is 10.4 Å². The summed E-state index contributed by atoms with van der Waals surface area (Å²) < 4.78 is 1.60. The van der Waals surface area contributed by atoms with Gasteiger partial charge in [-0.15, -0.1) is 0 Å². The predicted octanol–water partition coefficient (Wildman–Crippen LogP) is 1.72. The summed E-state index contributed by atoms with van der Waals surface area (Å²) >= 11 is 0. The van der Waals surface area contributed by atoms with Crippen LogP contribution in [0, 0.1) is 13.8 Å². The summed E-state index contributed by atoms with van der Waals surface area (Å²) in [5.74, 6) is -0.124. The van der Waals surface area contributed by atoms with E-state index >= 15 is 0 Å². The molecule has 18 heavy (non-hydrogen) atoms. The van der Waals surface area contributed by atoms with Crippen LogP contribution in [0.1, 0.15) is 11.3 Å². The van der Waals surface area contributed by atoms with Crippen LogP contribution < -0.4 is 11.1 Å². The standard InChI is InChI=1S/C13H16N4O/c1-9-3-4-11(7-12(9)14)15-13(18)8-17-6-5-10(2)16-17/h3-7H,8,14H2,1-2H3,(H,15,18). The third kappa shape index (κ3) is 2.88. The van der Waals surface area contributed by atoms with Crippen LogP contribution in [0.15, 0.2) is 30.5 Å². The lowest BCUT2D eigenvalue weighted by Crippen LogP contribution is -2.19. The molecule has 0 radical (unpaired) electrons. The molecule has 0 spiro atoms. The van der Waals surface area contributed by atoms with Crippen LogP contribution in [0.25, 0.3) is 0 Å². The summed E-state index contributed by atoms with van der Waals surface area (Å²) in [7, 11) is 0. The zero-order valence-electron chi connectivity index (χ0n) is 10.5. The molecule has 0 aliphatic carbocycles. The summed E-state index contributed by atoms with van der Waals surface area (Å²) in [5.41, 5.74) is 9.04. The summed E-state index contributed by atoms with van der Waals surface area (Å²) in [6.07, 6.45) is 1.78. The topological polar surface area (TPSA) is 72.9 Å². The molecule has 0 aliphatic rings.